The van der Waals surface area contributed by atoms with Gasteiger partial charge in [-0.05, 0) is 61.0 Å². The average molecular weight is 405 g/mol. The van der Waals surface area contributed by atoms with Crippen molar-refractivity contribution in [2.75, 3.05) is 13.2 Å². The molecule has 0 unspecified atom stereocenters. The molecule has 5 rings (SSSR count). The Labute approximate surface area is 176 Å². The van der Waals surface area contributed by atoms with E-state index in [4.69, 9.17) is 17.0 Å². The van der Waals surface area contributed by atoms with Crippen LogP contribution in [0.25, 0.3) is 5.69 Å². The maximum Gasteiger partial charge on any atom is 0.170 e. The molecule has 0 saturated carbocycles. The van der Waals surface area contributed by atoms with Gasteiger partial charge in [-0.15, -0.1) is 0 Å². The second-order valence-electron chi connectivity index (χ2n) is 7.60. The van der Waals surface area contributed by atoms with Gasteiger partial charge >= 0.3 is 0 Å². The van der Waals surface area contributed by atoms with Gasteiger partial charge in [-0.1, -0.05) is 24.3 Å². The van der Waals surface area contributed by atoms with E-state index in [-0.39, 0.29) is 18.2 Å². The Bertz CT molecular complexity index is 969. The summed E-state index contributed by atoms with van der Waals surface area (Å²) in [4.78, 5) is 6.90. The van der Waals surface area contributed by atoms with E-state index < -0.39 is 0 Å². The van der Waals surface area contributed by atoms with Crippen molar-refractivity contribution in [3.63, 3.8) is 0 Å². The zero-order chi connectivity index (χ0) is 19.6. The highest BCUT2D eigenvalue weighted by Crippen LogP contribution is 2.39. The Morgan fingerprint density at radius 1 is 1.10 bits per heavy atom. The van der Waals surface area contributed by atoms with Crippen molar-refractivity contribution in [2.24, 2.45) is 0 Å². The van der Waals surface area contributed by atoms with Gasteiger partial charge in [-0.25, -0.2) is 0 Å². The summed E-state index contributed by atoms with van der Waals surface area (Å²) in [6, 6.07) is 18.7. The van der Waals surface area contributed by atoms with Crippen LogP contribution in [0.3, 0.4) is 0 Å². The standard InChI is InChI=1S/C23H24N4OS/c29-23-25-21(20-10-4-5-12-24-20)22(27(23)16-19-9-6-14-28-19)17-11-13-26(15-17)18-7-2-1-3-8-18/h1-5,7-8,10-13,15,19,21-22H,6,9,14,16H2,(H,25,29)/t19-,21-,22-/m1/s1. The van der Waals surface area contributed by atoms with Crippen molar-refractivity contribution in [1.82, 2.24) is 19.8 Å². The third-order valence-corrected chi connectivity index (χ3v) is 6.09. The average Bonchev–Trinajstić information content (AvgIpc) is 3.51. The molecule has 2 aromatic heterocycles. The van der Waals surface area contributed by atoms with E-state index in [0.717, 1.165) is 42.5 Å². The maximum absolute atomic E-state index is 5.91. The van der Waals surface area contributed by atoms with Gasteiger partial charge in [0.1, 0.15) is 0 Å². The molecule has 0 bridgehead atoms. The molecule has 0 radical (unpaired) electrons. The molecule has 0 aliphatic carbocycles. The van der Waals surface area contributed by atoms with Crippen LogP contribution in [0, 0.1) is 0 Å². The number of pyridine rings is 1. The highest BCUT2D eigenvalue weighted by molar-refractivity contribution is 7.80. The third kappa shape index (κ3) is 3.66. The van der Waals surface area contributed by atoms with E-state index in [1.807, 2.05) is 24.4 Å². The lowest BCUT2D eigenvalue weighted by atomic mass is 9.99. The topological polar surface area (TPSA) is 42.3 Å². The van der Waals surface area contributed by atoms with Gasteiger partial charge in [0.15, 0.2) is 5.11 Å². The monoisotopic (exact) mass is 404 g/mol. The lowest BCUT2D eigenvalue weighted by Crippen LogP contribution is -2.36. The lowest BCUT2D eigenvalue weighted by molar-refractivity contribution is 0.0842. The smallest absolute Gasteiger partial charge is 0.170 e. The van der Waals surface area contributed by atoms with Gasteiger partial charge in [-0.3, -0.25) is 4.98 Å². The summed E-state index contributed by atoms with van der Waals surface area (Å²) in [6.45, 7) is 1.65. The normalized spacial score (nSPS) is 24.1. The molecule has 0 amide bonds. The highest BCUT2D eigenvalue weighted by Gasteiger charge is 2.41. The minimum absolute atomic E-state index is 0.0109. The number of benzene rings is 1. The van der Waals surface area contributed by atoms with E-state index in [1.54, 1.807) is 0 Å². The lowest BCUT2D eigenvalue weighted by Gasteiger charge is -2.29. The van der Waals surface area contributed by atoms with E-state index >= 15 is 0 Å². The Kier molecular flexibility index (Phi) is 5.04. The summed E-state index contributed by atoms with van der Waals surface area (Å²) in [5.74, 6) is 0. The summed E-state index contributed by atoms with van der Waals surface area (Å²) in [5, 5.41) is 4.29. The number of hydrogen-bond donors (Lipinski definition) is 1. The van der Waals surface area contributed by atoms with Crippen molar-refractivity contribution in [2.45, 2.75) is 31.0 Å². The fourth-order valence-corrected chi connectivity index (χ4v) is 4.64. The van der Waals surface area contributed by atoms with Crippen molar-refractivity contribution >= 4 is 17.3 Å². The Morgan fingerprint density at radius 3 is 2.72 bits per heavy atom. The zero-order valence-electron chi connectivity index (χ0n) is 16.1. The van der Waals surface area contributed by atoms with Gasteiger partial charge in [0, 0.05) is 37.4 Å². The summed E-state index contributed by atoms with van der Waals surface area (Å²) >= 11 is 5.75. The fraction of sp³-hybridized carbons (Fsp3) is 0.304. The number of hydrogen-bond acceptors (Lipinski definition) is 3. The van der Waals surface area contributed by atoms with Gasteiger partial charge in [0.05, 0.1) is 23.9 Å². The number of nitrogens with one attached hydrogen (secondary N) is 1. The predicted molar refractivity (Wildman–Crippen MR) is 117 cm³/mol. The molecule has 2 fully saturated rings. The SMILES string of the molecule is S=C1N[C@H](c2ccccn2)[C@@H](c2ccn(-c3ccccc3)c2)N1C[C@H]1CCCO1. The number of nitrogens with zero attached hydrogens (tertiary/aromatic N) is 3. The van der Waals surface area contributed by atoms with E-state index in [2.05, 4.69) is 68.6 Å². The summed E-state index contributed by atoms with van der Waals surface area (Å²) < 4.78 is 8.08. The van der Waals surface area contributed by atoms with Gasteiger partial charge in [-0.2, -0.15) is 0 Å². The van der Waals surface area contributed by atoms with Crippen LogP contribution in [-0.2, 0) is 4.74 Å². The maximum atomic E-state index is 5.91. The molecule has 1 N–H and O–H groups in total. The molecule has 2 saturated heterocycles. The molecule has 3 aromatic rings. The quantitative estimate of drug-likeness (QED) is 0.651. The zero-order valence-corrected chi connectivity index (χ0v) is 17.0. The third-order valence-electron chi connectivity index (χ3n) is 5.73. The molecule has 3 atom stereocenters. The second kappa shape index (κ2) is 7.97. The molecule has 29 heavy (non-hydrogen) atoms. The fourth-order valence-electron chi connectivity index (χ4n) is 4.32. The number of thiocarbonyl (C=S) groups is 1. The van der Waals surface area contributed by atoms with Crippen LogP contribution in [0.15, 0.2) is 73.2 Å². The van der Waals surface area contributed by atoms with Crippen LogP contribution in [0.1, 0.15) is 36.2 Å². The van der Waals surface area contributed by atoms with Crippen LogP contribution in [0.2, 0.25) is 0 Å². The first-order valence-electron chi connectivity index (χ1n) is 10.1. The van der Waals surface area contributed by atoms with Crippen molar-refractivity contribution < 1.29 is 4.74 Å². The molecule has 6 heteroatoms. The molecule has 2 aliphatic rings. The van der Waals surface area contributed by atoms with Crippen molar-refractivity contribution in [3.05, 3.63) is 84.4 Å². The Morgan fingerprint density at radius 2 is 1.97 bits per heavy atom. The van der Waals surface area contributed by atoms with Gasteiger partial charge in [0.25, 0.3) is 0 Å². The minimum Gasteiger partial charge on any atom is -0.376 e. The Balaban J connectivity index is 1.50. The molecule has 0 spiro atoms. The second-order valence-corrected chi connectivity index (χ2v) is 7.99. The van der Waals surface area contributed by atoms with Crippen LogP contribution in [-0.4, -0.2) is 38.8 Å². The van der Waals surface area contributed by atoms with Crippen LogP contribution in [0.4, 0.5) is 0 Å². The number of para-hydroxylation sites is 1. The molecule has 4 heterocycles. The van der Waals surface area contributed by atoms with E-state index in [9.17, 15) is 0 Å². The number of rotatable bonds is 5. The largest absolute Gasteiger partial charge is 0.376 e. The molecule has 1 aromatic carbocycles. The molecular formula is C23H24N4OS. The molecular weight excluding hydrogens is 380 g/mol. The first kappa shape index (κ1) is 18.3. The van der Waals surface area contributed by atoms with Crippen LogP contribution >= 0.6 is 12.2 Å². The number of aromatic nitrogens is 2. The van der Waals surface area contributed by atoms with Crippen molar-refractivity contribution in [3.8, 4) is 5.69 Å². The van der Waals surface area contributed by atoms with Gasteiger partial charge < -0.3 is 19.5 Å². The summed E-state index contributed by atoms with van der Waals surface area (Å²) in [6.07, 6.45) is 8.60. The summed E-state index contributed by atoms with van der Waals surface area (Å²) in [5.41, 5.74) is 3.37. The van der Waals surface area contributed by atoms with Crippen molar-refractivity contribution in [1.29, 1.82) is 0 Å². The molecule has 5 nitrogen and oxygen atoms in total. The minimum atomic E-state index is 0.0109. The van der Waals surface area contributed by atoms with Crippen LogP contribution < -0.4 is 5.32 Å². The van der Waals surface area contributed by atoms with Gasteiger partial charge in [0.2, 0.25) is 0 Å². The van der Waals surface area contributed by atoms with E-state index in [0.29, 0.717) is 0 Å². The number of ether oxygens (including phenoxy) is 1. The molecule has 2 aliphatic heterocycles. The predicted octanol–water partition coefficient (Wildman–Crippen LogP) is 4.02. The van der Waals surface area contributed by atoms with Crippen LogP contribution in [0.5, 0.6) is 0 Å². The van der Waals surface area contributed by atoms with E-state index in [1.165, 1.54) is 5.56 Å². The first-order valence-corrected chi connectivity index (χ1v) is 10.5. The first-order chi connectivity index (χ1) is 14.3. The summed E-state index contributed by atoms with van der Waals surface area (Å²) in [7, 11) is 0. The molecule has 148 valence electrons. The Hall–Kier alpha value is -2.70. The highest BCUT2D eigenvalue weighted by atomic mass is 32.1.